The van der Waals surface area contributed by atoms with Crippen molar-refractivity contribution in [3.63, 3.8) is 0 Å². The molecule has 10 heavy (non-hydrogen) atoms. The zero-order chi connectivity index (χ0) is 6.81. The lowest BCUT2D eigenvalue weighted by molar-refractivity contribution is 0.126. The minimum absolute atomic E-state index is 0.544. The van der Waals surface area contributed by atoms with Crippen LogP contribution in [0.1, 0.15) is 6.42 Å². The van der Waals surface area contributed by atoms with Gasteiger partial charge in [0.05, 0.1) is 12.7 Å². The molecule has 1 N–H and O–H groups in total. The average Bonchev–Trinajstić information content (AvgIpc) is 2.30. The Morgan fingerprint density at radius 2 is 2.50 bits per heavy atom. The summed E-state index contributed by atoms with van der Waals surface area (Å²) >= 11 is 2.00. The van der Waals surface area contributed by atoms with E-state index < -0.39 is 0 Å². The van der Waals surface area contributed by atoms with Crippen molar-refractivity contribution in [1.29, 1.82) is 0 Å². The number of rotatable bonds is 0. The molecule has 2 atom stereocenters. The van der Waals surface area contributed by atoms with Gasteiger partial charge >= 0.3 is 0 Å². The van der Waals surface area contributed by atoms with Crippen molar-refractivity contribution >= 4 is 11.8 Å². The summed E-state index contributed by atoms with van der Waals surface area (Å²) in [7, 11) is 0. The van der Waals surface area contributed by atoms with Gasteiger partial charge in [-0.1, -0.05) is 0 Å². The Hall–Kier alpha value is 0.270. The van der Waals surface area contributed by atoms with Gasteiger partial charge in [0.2, 0.25) is 0 Å². The van der Waals surface area contributed by atoms with E-state index in [1.54, 1.807) is 0 Å². The molecule has 2 bridgehead atoms. The minimum Gasteiger partial charge on any atom is -0.376 e. The maximum Gasteiger partial charge on any atom is 0.0681 e. The maximum absolute atomic E-state index is 5.55. The van der Waals surface area contributed by atoms with Crippen LogP contribution in [-0.4, -0.2) is 36.8 Å². The van der Waals surface area contributed by atoms with Crippen LogP contribution in [0, 0.1) is 0 Å². The molecule has 2 nitrogen and oxygen atoms in total. The Bertz CT molecular complexity index is 108. The molecule has 2 unspecified atom stereocenters. The van der Waals surface area contributed by atoms with Crippen molar-refractivity contribution in [3.05, 3.63) is 0 Å². The van der Waals surface area contributed by atoms with E-state index >= 15 is 0 Å². The van der Waals surface area contributed by atoms with E-state index in [9.17, 15) is 0 Å². The molecule has 0 aromatic rings. The van der Waals surface area contributed by atoms with Crippen molar-refractivity contribution < 1.29 is 4.74 Å². The third kappa shape index (κ3) is 1.47. The molecule has 2 rings (SSSR count). The van der Waals surface area contributed by atoms with Crippen LogP contribution in [0.4, 0.5) is 0 Å². The van der Waals surface area contributed by atoms with E-state index in [-0.39, 0.29) is 0 Å². The first kappa shape index (κ1) is 6.95. The molecular weight excluding hydrogens is 146 g/mol. The highest BCUT2D eigenvalue weighted by molar-refractivity contribution is 7.99. The van der Waals surface area contributed by atoms with Gasteiger partial charge in [-0.05, 0) is 6.42 Å². The van der Waals surface area contributed by atoms with E-state index in [1.165, 1.54) is 17.9 Å². The molecule has 0 aliphatic carbocycles. The minimum atomic E-state index is 0.544. The van der Waals surface area contributed by atoms with Crippen molar-refractivity contribution in [2.45, 2.75) is 18.6 Å². The number of nitrogens with one attached hydrogen (secondary N) is 1. The molecule has 0 saturated carbocycles. The molecule has 2 aliphatic heterocycles. The normalized spacial score (nSPS) is 40.8. The van der Waals surface area contributed by atoms with E-state index in [2.05, 4.69) is 5.32 Å². The molecule has 2 heterocycles. The molecule has 0 aromatic carbocycles. The number of hydrogen-bond donors (Lipinski definition) is 1. The van der Waals surface area contributed by atoms with Crippen LogP contribution < -0.4 is 5.32 Å². The quantitative estimate of drug-likeness (QED) is 0.555. The van der Waals surface area contributed by atoms with E-state index in [0.717, 1.165) is 13.2 Å². The van der Waals surface area contributed by atoms with Gasteiger partial charge < -0.3 is 10.1 Å². The lowest BCUT2D eigenvalue weighted by Crippen LogP contribution is -2.32. The largest absolute Gasteiger partial charge is 0.376 e. The van der Waals surface area contributed by atoms with Gasteiger partial charge in [-0.15, -0.1) is 0 Å². The Kier molecular flexibility index (Phi) is 2.16. The summed E-state index contributed by atoms with van der Waals surface area (Å²) in [6.07, 6.45) is 1.77. The van der Waals surface area contributed by atoms with Crippen LogP contribution in [0.15, 0.2) is 0 Å². The van der Waals surface area contributed by atoms with Gasteiger partial charge in [-0.2, -0.15) is 11.8 Å². The second-order valence-electron chi connectivity index (χ2n) is 2.92. The van der Waals surface area contributed by atoms with Crippen molar-refractivity contribution in [1.82, 2.24) is 5.32 Å². The summed E-state index contributed by atoms with van der Waals surface area (Å²) in [5.41, 5.74) is 0. The molecule has 0 amide bonds. The maximum atomic E-state index is 5.55. The van der Waals surface area contributed by atoms with E-state index in [1.807, 2.05) is 11.8 Å². The SMILES string of the molecule is C1CSCC2CC(CO2)N1. The predicted octanol–water partition coefficient (Wildman–Crippen LogP) is 0.480. The van der Waals surface area contributed by atoms with Crippen molar-refractivity contribution in [2.24, 2.45) is 0 Å². The Labute approximate surface area is 65.7 Å². The summed E-state index contributed by atoms with van der Waals surface area (Å²) in [5.74, 6) is 2.45. The molecule has 58 valence electrons. The zero-order valence-electron chi connectivity index (χ0n) is 6.01. The van der Waals surface area contributed by atoms with Gasteiger partial charge in [0.25, 0.3) is 0 Å². The van der Waals surface area contributed by atoms with E-state index in [0.29, 0.717) is 12.1 Å². The zero-order valence-corrected chi connectivity index (χ0v) is 6.82. The highest BCUT2D eigenvalue weighted by atomic mass is 32.2. The third-order valence-electron chi connectivity index (χ3n) is 2.06. The van der Waals surface area contributed by atoms with Crippen LogP contribution >= 0.6 is 11.8 Å². The monoisotopic (exact) mass is 159 g/mol. The second-order valence-corrected chi connectivity index (χ2v) is 4.07. The lowest BCUT2D eigenvalue weighted by atomic mass is 10.2. The summed E-state index contributed by atoms with van der Waals surface area (Å²) in [6.45, 7) is 2.09. The van der Waals surface area contributed by atoms with Crippen LogP contribution in [0.3, 0.4) is 0 Å². The second kappa shape index (κ2) is 3.11. The van der Waals surface area contributed by atoms with Gasteiger partial charge in [-0.25, -0.2) is 0 Å². The highest BCUT2D eigenvalue weighted by Crippen LogP contribution is 2.19. The standard InChI is InChI=1S/C7H13NOS/c1-2-10-5-7-3-6(8-1)4-9-7/h6-8H,1-5H2. The summed E-state index contributed by atoms with van der Waals surface area (Å²) in [5, 5.41) is 3.47. The Balaban J connectivity index is 1.91. The van der Waals surface area contributed by atoms with Crippen LogP contribution in [-0.2, 0) is 4.74 Å². The molecule has 3 heteroatoms. The Morgan fingerprint density at radius 3 is 3.50 bits per heavy atom. The molecule has 2 fully saturated rings. The highest BCUT2D eigenvalue weighted by Gasteiger charge is 2.25. The van der Waals surface area contributed by atoms with Gasteiger partial charge in [0.15, 0.2) is 0 Å². The molecule has 2 aliphatic rings. The predicted molar refractivity (Wildman–Crippen MR) is 43.5 cm³/mol. The average molecular weight is 159 g/mol. The molecule has 0 radical (unpaired) electrons. The number of ether oxygens (including phenoxy) is 1. The summed E-state index contributed by atoms with van der Waals surface area (Å²) < 4.78 is 5.55. The first-order valence-electron chi connectivity index (χ1n) is 3.88. The van der Waals surface area contributed by atoms with Crippen LogP contribution in [0.5, 0.6) is 0 Å². The van der Waals surface area contributed by atoms with Crippen LogP contribution in [0.25, 0.3) is 0 Å². The summed E-state index contributed by atoms with van der Waals surface area (Å²) in [4.78, 5) is 0. The first-order chi connectivity index (χ1) is 4.95. The fourth-order valence-corrected chi connectivity index (χ4v) is 2.44. The van der Waals surface area contributed by atoms with Crippen LogP contribution in [0.2, 0.25) is 0 Å². The molecule has 0 aromatic heterocycles. The van der Waals surface area contributed by atoms with Gasteiger partial charge in [0.1, 0.15) is 0 Å². The summed E-state index contributed by atoms with van der Waals surface area (Å²) in [6, 6.07) is 0.658. The number of hydrogen-bond acceptors (Lipinski definition) is 3. The molecule has 0 spiro atoms. The third-order valence-corrected chi connectivity index (χ3v) is 3.16. The smallest absolute Gasteiger partial charge is 0.0681 e. The molecule has 2 saturated heterocycles. The fraction of sp³-hybridized carbons (Fsp3) is 1.00. The van der Waals surface area contributed by atoms with E-state index in [4.69, 9.17) is 4.74 Å². The topological polar surface area (TPSA) is 21.3 Å². The lowest BCUT2D eigenvalue weighted by Gasteiger charge is -2.14. The van der Waals surface area contributed by atoms with Crippen molar-refractivity contribution in [3.8, 4) is 0 Å². The number of fused-ring (bicyclic) bond motifs is 2. The van der Waals surface area contributed by atoms with Gasteiger partial charge in [-0.3, -0.25) is 0 Å². The first-order valence-corrected chi connectivity index (χ1v) is 5.03. The fourth-order valence-electron chi connectivity index (χ4n) is 1.51. The molecular formula is C7H13NOS. The van der Waals surface area contributed by atoms with Crippen molar-refractivity contribution in [2.75, 3.05) is 24.7 Å². The Morgan fingerprint density at radius 1 is 1.50 bits per heavy atom. The van der Waals surface area contributed by atoms with Gasteiger partial charge in [0, 0.05) is 24.1 Å². The number of thioether (sulfide) groups is 1.